The van der Waals surface area contributed by atoms with E-state index in [0.717, 1.165) is 10.9 Å². The third-order valence-corrected chi connectivity index (χ3v) is 4.79. The van der Waals surface area contributed by atoms with Gasteiger partial charge in [0, 0.05) is 28.9 Å². The number of hydrogen-bond acceptors (Lipinski definition) is 5. The van der Waals surface area contributed by atoms with E-state index in [1.807, 2.05) is 0 Å². The molecule has 0 spiro atoms. The van der Waals surface area contributed by atoms with E-state index < -0.39 is 22.9 Å². The fourth-order valence-electron chi connectivity index (χ4n) is 3.38. The van der Waals surface area contributed by atoms with E-state index in [4.69, 9.17) is 0 Å². The summed E-state index contributed by atoms with van der Waals surface area (Å²) in [5.41, 5.74) is 2.28. The van der Waals surface area contributed by atoms with Gasteiger partial charge in [0.25, 0.3) is 5.69 Å². The predicted octanol–water partition coefficient (Wildman–Crippen LogP) is 2.95. The van der Waals surface area contributed by atoms with E-state index in [2.05, 4.69) is 25.8 Å². The number of carbonyl (C=O) groups is 2. The Morgan fingerprint density at radius 3 is 2.69 bits per heavy atom. The molecule has 3 aromatic rings. The average Bonchev–Trinajstić information content (AvgIpc) is 3.15. The maximum Gasteiger partial charge on any atom is 0.341 e. The number of aromatic amines is 1. The van der Waals surface area contributed by atoms with Crippen molar-refractivity contribution < 1.29 is 14.5 Å². The lowest BCUT2D eigenvalue weighted by Gasteiger charge is -2.30. The first kappa shape index (κ1) is 18.3. The number of nitro benzene ring substituents is 1. The highest BCUT2D eigenvalue weighted by Crippen LogP contribution is 2.29. The molecule has 29 heavy (non-hydrogen) atoms. The average molecular weight is 392 g/mol. The molecule has 0 bridgehead atoms. The van der Waals surface area contributed by atoms with Crippen LogP contribution >= 0.6 is 0 Å². The Morgan fingerprint density at radius 1 is 1.21 bits per heavy atom. The summed E-state index contributed by atoms with van der Waals surface area (Å²) < 4.78 is 0. The van der Waals surface area contributed by atoms with Gasteiger partial charge in [-0.15, -0.1) is 0 Å². The maximum absolute atomic E-state index is 13.0. The van der Waals surface area contributed by atoms with Crippen LogP contribution in [-0.4, -0.2) is 32.8 Å². The van der Waals surface area contributed by atoms with Crippen molar-refractivity contribution in [3.63, 3.8) is 0 Å². The number of aliphatic imine (C=N–C) groups is 1. The Balaban J connectivity index is 1.63. The minimum Gasteiger partial charge on any atom is -0.328 e. The van der Waals surface area contributed by atoms with Gasteiger partial charge >= 0.3 is 6.03 Å². The molecule has 1 aliphatic heterocycles. The van der Waals surface area contributed by atoms with Gasteiger partial charge < -0.3 is 10.6 Å². The van der Waals surface area contributed by atoms with Crippen molar-refractivity contribution in [1.29, 1.82) is 0 Å². The summed E-state index contributed by atoms with van der Waals surface area (Å²) in [5, 5.41) is 24.1. The molecule has 4 rings (SSSR count). The first-order valence-corrected chi connectivity index (χ1v) is 8.76. The predicted molar refractivity (Wildman–Crippen MR) is 106 cm³/mol. The van der Waals surface area contributed by atoms with Gasteiger partial charge in [0.15, 0.2) is 0 Å². The summed E-state index contributed by atoms with van der Waals surface area (Å²) in [5.74, 6) is -1.12. The highest BCUT2D eigenvalue weighted by atomic mass is 16.6. The van der Waals surface area contributed by atoms with E-state index >= 15 is 0 Å². The number of aromatic nitrogens is 2. The number of benzene rings is 2. The SMILES string of the molecule is CC1=NC(=O)NC(c2ccc([N+](=O)[O-])cc2)C1C(=O)Nc1ccc2[nH]ncc2c1. The van der Waals surface area contributed by atoms with Crippen LogP contribution in [0.1, 0.15) is 18.5 Å². The molecule has 2 heterocycles. The first-order valence-electron chi connectivity index (χ1n) is 8.76. The highest BCUT2D eigenvalue weighted by molar-refractivity contribution is 6.13. The summed E-state index contributed by atoms with van der Waals surface area (Å²) in [7, 11) is 0. The fourth-order valence-corrected chi connectivity index (χ4v) is 3.38. The number of nitrogens with one attached hydrogen (secondary N) is 3. The molecule has 2 unspecified atom stereocenters. The van der Waals surface area contributed by atoms with Crippen LogP contribution in [-0.2, 0) is 4.79 Å². The van der Waals surface area contributed by atoms with Crippen LogP contribution in [0.4, 0.5) is 16.2 Å². The Hall–Kier alpha value is -4.08. The Kier molecular flexibility index (Phi) is 4.51. The van der Waals surface area contributed by atoms with E-state index in [9.17, 15) is 19.7 Å². The van der Waals surface area contributed by atoms with E-state index in [1.165, 1.54) is 24.3 Å². The molecule has 10 nitrogen and oxygen atoms in total. The van der Waals surface area contributed by atoms with Gasteiger partial charge in [0.2, 0.25) is 5.91 Å². The first-order chi connectivity index (χ1) is 13.9. The molecule has 146 valence electrons. The van der Waals surface area contributed by atoms with Crippen LogP contribution in [0.3, 0.4) is 0 Å². The maximum atomic E-state index is 13.0. The minimum absolute atomic E-state index is 0.0734. The van der Waals surface area contributed by atoms with Gasteiger partial charge in [-0.2, -0.15) is 5.10 Å². The van der Waals surface area contributed by atoms with Crippen molar-refractivity contribution in [2.75, 3.05) is 5.32 Å². The molecule has 3 amide bonds. The van der Waals surface area contributed by atoms with Gasteiger partial charge in [-0.1, -0.05) is 12.1 Å². The second-order valence-corrected chi connectivity index (χ2v) is 6.67. The Morgan fingerprint density at radius 2 is 1.97 bits per heavy atom. The van der Waals surface area contributed by atoms with Crippen molar-refractivity contribution in [2.45, 2.75) is 13.0 Å². The Labute approximate surface area is 164 Å². The lowest BCUT2D eigenvalue weighted by Crippen LogP contribution is -2.45. The lowest BCUT2D eigenvalue weighted by molar-refractivity contribution is -0.384. The number of non-ortho nitro benzene ring substituents is 1. The molecule has 0 saturated heterocycles. The molecular formula is C19H16N6O4. The monoisotopic (exact) mass is 392 g/mol. The molecule has 1 aromatic heterocycles. The quantitative estimate of drug-likeness (QED) is 0.462. The number of nitro groups is 1. The molecule has 0 saturated carbocycles. The molecule has 1 aliphatic rings. The summed E-state index contributed by atoms with van der Waals surface area (Å²) in [6.45, 7) is 1.61. The van der Waals surface area contributed by atoms with Gasteiger partial charge in [-0.25, -0.2) is 9.79 Å². The van der Waals surface area contributed by atoms with E-state index in [1.54, 1.807) is 31.3 Å². The van der Waals surface area contributed by atoms with Gasteiger partial charge in [-0.3, -0.25) is 20.0 Å². The summed E-state index contributed by atoms with van der Waals surface area (Å²) >= 11 is 0. The minimum atomic E-state index is -0.769. The highest BCUT2D eigenvalue weighted by Gasteiger charge is 2.37. The third kappa shape index (κ3) is 3.55. The number of anilines is 1. The number of carbonyl (C=O) groups excluding carboxylic acids is 2. The standard InChI is InChI=1S/C19H16N6O4/c1-10-16(18(26)22-13-4-7-15-12(8-13)9-20-24-15)17(23-19(27)21-10)11-2-5-14(6-3-11)25(28)29/h2-9,16-17H,1H3,(H,20,24)(H,22,26)(H,23,27). The molecule has 2 atom stereocenters. The summed E-state index contributed by atoms with van der Waals surface area (Å²) in [6, 6.07) is 9.80. The number of H-pyrrole nitrogens is 1. The van der Waals surface area contributed by atoms with Crippen molar-refractivity contribution in [1.82, 2.24) is 15.5 Å². The molecule has 10 heteroatoms. The number of nitrogens with zero attached hydrogens (tertiary/aromatic N) is 3. The second kappa shape index (κ2) is 7.15. The number of hydrogen-bond donors (Lipinski definition) is 3. The number of fused-ring (bicyclic) bond motifs is 1. The van der Waals surface area contributed by atoms with Crippen molar-refractivity contribution >= 4 is 39.9 Å². The van der Waals surface area contributed by atoms with Crippen molar-refractivity contribution in [3.8, 4) is 0 Å². The number of rotatable bonds is 4. The number of urea groups is 1. The van der Waals surface area contributed by atoms with Crippen LogP contribution in [0.15, 0.2) is 53.7 Å². The zero-order valence-electron chi connectivity index (χ0n) is 15.2. The van der Waals surface area contributed by atoms with Crippen LogP contribution in [0, 0.1) is 16.0 Å². The topological polar surface area (TPSA) is 142 Å². The third-order valence-electron chi connectivity index (χ3n) is 4.79. The Bertz CT molecular complexity index is 1150. The second-order valence-electron chi connectivity index (χ2n) is 6.67. The fraction of sp³-hybridized carbons (Fsp3) is 0.158. The normalized spacial score (nSPS) is 18.8. The largest absolute Gasteiger partial charge is 0.341 e. The molecule has 3 N–H and O–H groups in total. The van der Waals surface area contributed by atoms with Crippen molar-refractivity contribution in [2.24, 2.45) is 10.9 Å². The van der Waals surface area contributed by atoms with Crippen molar-refractivity contribution in [3.05, 3.63) is 64.3 Å². The zero-order valence-corrected chi connectivity index (χ0v) is 15.2. The van der Waals surface area contributed by atoms with E-state index in [-0.39, 0.29) is 11.6 Å². The molecular weight excluding hydrogens is 376 g/mol. The van der Waals surface area contributed by atoms with E-state index in [0.29, 0.717) is 17.0 Å². The van der Waals surface area contributed by atoms with Gasteiger partial charge in [-0.05, 0) is 30.7 Å². The lowest BCUT2D eigenvalue weighted by atomic mass is 9.87. The molecule has 2 aromatic carbocycles. The zero-order chi connectivity index (χ0) is 20.5. The smallest absolute Gasteiger partial charge is 0.328 e. The van der Waals surface area contributed by atoms with Crippen LogP contribution in [0.25, 0.3) is 10.9 Å². The summed E-state index contributed by atoms with van der Waals surface area (Å²) in [6.07, 6.45) is 1.65. The van der Waals surface area contributed by atoms with Gasteiger partial charge in [0.05, 0.1) is 22.7 Å². The van der Waals surface area contributed by atoms with Gasteiger partial charge in [0.1, 0.15) is 5.92 Å². The molecule has 0 radical (unpaired) electrons. The van der Waals surface area contributed by atoms with Crippen LogP contribution < -0.4 is 10.6 Å². The van der Waals surface area contributed by atoms with Crippen LogP contribution in [0.2, 0.25) is 0 Å². The molecule has 0 fully saturated rings. The summed E-state index contributed by atoms with van der Waals surface area (Å²) in [4.78, 5) is 39.2. The molecule has 0 aliphatic carbocycles. The van der Waals surface area contributed by atoms with Crippen LogP contribution in [0.5, 0.6) is 0 Å². The number of amides is 3.